The lowest BCUT2D eigenvalue weighted by atomic mass is 10.2. The van der Waals surface area contributed by atoms with Gasteiger partial charge in [-0.1, -0.05) is 12.1 Å². The molecule has 0 aliphatic carbocycles. The van der Waals surface area contributed by atoms with Crippen LogP contribution >= 0.6 is 0 Å². The van der Waals surface area contributed by atoms with Crippen LogP contribution in [0.5, 0.6) is 0 Å². The molecule has 2 heterocycles. The molecule has 0 fully saturated rings. The van der Waals surface area contributed by atoms with E-state index in [1.807, 2.05) is 18.2 Å². The third kappa shape index (κ3) is 3.39. The van der Waals surface area contributed by atoms with Gasteiger partial charge in [-0.15, -0.1) is 0 Å². The predicted molar refractivity (Wildman–Crippen MR) is 90.3 cm³/mol. The average Bonchev–Trinajstić information content (AvgIpc) is 2.96. The van der Waals surface area contributed by atoms with Crippen LogP contribution in [0.3, 0.4) is 0 Å². The maximum Gasteiger partial charge on any atom is 0.251 e. The minimum Gasteiger partial charge on any atom is -0.352 e. The Morgan fingerprint density at radius 3 is 2.74 bits per heavy atom. The maximum absolute atomic E-state index is 12.0. The molecule has 118 valence electrons. The van der Waals surface area contributed by atoms with Crippen molar-refractivity contribution in [1.82, 2.24) is 19.9 Å². The first kappa shape index (κ1) is 15.2. The van der Waals surface area contributed by atoms with Crippen molar-refractivity contribution in [2.75, 3.05) is 6.54 Å². The number of fused-ring (bicyclic) bond motifs is 1. The number of rotatable bonds is 6. The molecule has 0 aliphatic heterocycles. The SMILES string of the molecule is CCn1c(CCCNC(=O)c2ccncc2)nc2ccccc21. The van der Waals surface area contributed by atoms with Gasteiger partial charge in [-0.2, -0.15) is 0 Å². The third-order valence-corrected chi connectivity index (χ3v) is 3.86. The number of para-hydroxylation sites is 2. The second-order valence-corrected chi connectivity index (χ2v) is 5.36. The molecule has 1 amide bonds. The largest absolute Gasteiger partial charge is 0.352 e. The molecule has 2 aromatic heterocycles. The van der Waals surface area contributed by atoms with E-state index < -0.39 is 0 Å². The van der Waals surface area contributed by atoms with Crippen molar-refractivity contribution < 1.29 is 4.79 Å². The van der Waals surface area contributed by atoms with Gasteiger partial charge in [0, 0.05) is 37.5 Å². The van der Waals surface area contributed by atoms with E-state index in [0.717, 1.165) is 30.7 Å². The molecule has 0 atom stereocenters. The number of nitrogens with zero attached hydrogens (tertiary/aromatic N) is 3. The number of aryl methyl sites for hydroxylation is 2. The highest BCUT2D eigenvalue weighted by molar-refractivity contribution is 5.93. The number of hydrogen-bond donors (Lipinski definition) is 1. The lowest BCUT2D eigenvalue weighted by molar-refractivity contribution is 0.0953. The molecule has 0 saturated heterocycles. The van der Waals surface area contributed by atoms with E-state index in [2.05, 4.69) is 27.9 Å². The van der Waals surface area contributed by atoms with Gasteiger partial charge >= 0.3 is 0 Å². The standard InChI is InChI=1S/C18H20N4O/c1-2-22-16-7-4-3-6-15(16)21-17(22)8-5-11-20-18(23)14-9-12-19-13-10-14/h3-4,6-7,9-10,12-13H,2,5,8,11H2,1H3,(H,20,23). The summed E-state index contributed by atoms with van der Waals surface area (Å²) in [6, 6.07) is 11.6. The molecule has 0 bridgehead atoms. The summed E-state index contributed by atoms with van der Waals surface area (Å²) in [7, 11) is 0. The molecule has 0 unspecified atom stereocenters. The van der Waals surface area contributed by atoms with Crippen molar-refractivity contribution in [2.45, 2.75) is 26.3 Å². The number of nitrogens with one attached hydrogen (secondary N) is 1. The van der Waals surface area contributed by atoms with Crippen molar-refractivity contribution in [2.24, 2.45) is 0 Å². The number of imidazole rings is 1. The summed E-state index contributed by atoms with van der Waals surface area (Å²) in [6.07, 6.45) is 4.95. The molecule has 5 nitrogen and oxygen atoms in total. The van der Waals surface area contributed by atoms with Crippen molar-refractivity contribution >= 4 is 16.9 Å². The van der Waals surface area contributed by atoms with Gasteiger partial charge < -0.3 is 9.88 Å². The van der Waals surface area contributed by atoms with Gasteiger partial charge in [0.1, 0.15) is 5.82 Å². The van der Waals surface area contributed by atoms with Gasteiger partial charge in [-0.05, 0) is 37.6 Å². The van der Waals surface area contributed by atoms with E-state index in [9.17, 15) is 4.79 Å². The fourth-order valence-electron chi connectivity index (χ4n) is 2.72. The molecule has 0 saturated carbocycles. The summed E-state index contributed by atoms with van der Waals surface area (Å²) >= 11 is 0. The summed E-state index contributed by atoms with van der Waals surface area (Å²) < 4.78 is 2.24. The number of amides is 1. The molecule has 3 aromatic rings. The quantitative estimate of drug-likeness (QED) is 0.712. The summed E-state index contributed by atoms with van der Waals surface area (Å²) in [6.45, 7) is 3.66. The molecule has 1 aromatic carbocycles. The highest BCUT2D eigenvalue weighted by Gasteiger charge is 2.09. The van der Waals surface area contributed by atoms with Crippen molar-refractivity contribution in [1.29, 1.82) is 0 Å². The molecular formula is C18H20N4O. The zero-order chi connectivity index (χ0) is 16.1. The van der Waals surface area contributed by atoms with Crippen LogP contribution in [-0.4, -0.2) is 27.0 Å². The second-order valence-electron chi connectivity index (χ2n) is 5.36. The van der Waals surface area contributed by atoms with E-state index >= 15 is 0 Å². The van der Waals surface area contributed by atoms with Crippen LogP contribution in [0.1, 0.15) is 29.5 Å². The number of carbonyl (C=O) groups excluding carboxylic acids is 1. The molecule has 0 radical (unpaired) electrons. The third-order valence-electron chi connectivity index (χ3n) is 3.86. The fourth-order valence-corrected chi connectivity index (χ4v) is 2.72. The summed E-state index contributed by atoms with van der Waals surface area (Å²) in [5.41, 5.74) is 2.84. The Kier molecular flexibility index (Phi) is 4.66. The highest BCUT2D eigenvalue weighted by atomic mass is 16.1. The van der Waals surface area contributed by atoms with Gasteiger partial charge in [0.15, 0.2) is 0 Å². The molecule has 1 N–H and O–H groups in total. The molecule has 0 aliphatic rings. The number of carbonyl (C=O) groups is 1. The van der Waals surface area contributed by atoms with E-state index in [1.54, 1.807) is 24.5 Å². The van der Waals surface area contributed by atoms with Crippen LogP contribution in [0, 0.1) is 0 Å². The van der Waals surface area contributed by atoms with E-state index in [0.29, 0.717) is 12.1 Å². The number of pyridine rings is 1. The molecule has 5 heteroatoms. The van der Waals surface area contributed by atoms with E-state index in [-0.39, 0.29) is 5.91 Å². The predicted octanol–water partition coefficient (Wildman–Crippen LogP) is 2.81. The lowest BCUT2D eigenvalue weighted by Gasteiger charge is -2.07. The molecular weight excluding hydrogens is 288 g/mol. The minimum absolute atomic E-state index is 0.0589. The Balaban J connectivity index is 1.58. The van der Waals surface area contributed by atoms with Crippen LogP contribution in [0.15, 0.2) is 48.8 Å². The maximum atomic E-state index is 12.0. The monoisotopic (exact) mass is 308 g/mol. The number of aromatic nitrogens is 3. The van der Waals surface area contributed by atoms with Crippen LogP contribution in [0.25, 0.3) is 11.0 Å². The zero-order valence-corrected chi connectivity index (χ0v) is 13.2. The molecule has 3 rings (SSSR count). The number of benzene rings is 1. The van der Waals surface area contributed by atoms with Gasteiger partial charge in [0.2, 0.25) is 0 Å². The van der Waals surface area contributed by atoms with Crippen LogP contribution < -0.4 is 5.32 Å². The van der Waals surface area contributed by atoms with E-state index in [1.165, 1.54) is 5.52 Å². The van der Waals surface area contributed by atoms with Crippen molar-refractivity contribution in [3.63, 3.8) is 0 Å². The Hall–Kier alpha value is -2.69. The zero-order valence-electron chi connectivity index (χ0n) is 13.2. The van der Waals surface area contributed by atoms with Gasteiger partial charge in [0.25, 0.3) is 5.91 Å². The first-order valence-electron chi connectivity index (χ1n) is 7.92. The summed E-state index contributed by atoms with van der Waals surface area (Å²) in [5, 5.41) is 2.94. The van der Waals surface area contributed by atoms with Crippen LogP contribution in [0.4, 0.5) is 0 Å². The summed E-state index contributed by atoms with van der Waals surface area (Å²) in [4.78, 5) is 20.6. The number of hydrogen-bond acceptors (Lipinski definition) is 3. The lowest BCUT2D eigenvalue weighted by Crippen LogP contribution is -2.25. The summed E-state index contributed by atoms with van der Waals surface area (Å²) in [5.74, 6) is 1.02. The van der Waals surface area contributed by atoms with Gasteiger partial charge in [-0.25, -0.2) is 4.98 Å². The second kappa shape index (κ2) is 7.05. The average molecular weight is 308 g/mol. The smallest absolute Gasteiger partial charge is 0.251 e. The topological polar surface area (TPSA) is 59.8 Å². The van der Waals surface area contributed by atoms with Crippen molar-refractivity contribution in [3.05, 3.63) is 60.2 Å². The van der Waals surface area contributed by atoms with E-state index in [4.69, 9.17) is 4.98 Å². The van der Waals surface area contributed by atoms with Gasteiger partial charge in [0.05, 0.1) is 11.0 Å². The molecule has 0 spiro atoms. The first-order valence-corrected chi connectivity index (χ1v) is 7.92. The Bertz CT molecular complexity index is 795. The van der Waals surface area contributed by atoms with Crippen molar-refractivity contribution in [3.8, 4) is 0 Å². The van der Waals surface area contributed by atoms with Gasteiger partial charge in [-0.3, -0.25) is 9.78 Å². The Labute approximate surface area is 135 Å². The highest BCUT2D eigenvalue weighted by Crippen LogP contribution is 2.16. The Morgan fingerprint density at radius 2 is 1.96 bits per heavy atom. The van der Waals surface area contributed by atoms with Crippen LogP contribution in [0.2, 0.25) is 0 Å². The minimum atomic E-state index is -0.0589. The fraction of sp³-hybridized carbons (Fsp3) is 0.278. The Morgan fingerprint density at radius 1 is 1.17 bits per heavy atom. The molecule has 23 heavy (non-hydrogen) atoms. The normalized spacial score (nSPS) is 10.8. The van der Waals surface area contributed by atoms with Crippen LogP contribution in [-0.2, 0) is 13.0 Å². The first-order chi connectivity index (χ1) is 11.3.